The van der Waals surface area contributed by atoms with E-state index in [0.29, 0.717) is 37.7 Å². The SMILES string of the molecule is O=S(CCCCCCCOC[C@@H]1c2ccc(O)cc2OC[C@@H]1c1ccc(O)cc1)CCCC(F)(F)C(F)(F)F. The second-order valence-electron chi connectivity index (χ2n) is 9.83. The Hall–Kier alpha value is -2.40. The highest BCUT2D eigenvalue weighted by Gasteiger charge is 2.56. The highest BCUT2D eigenvalue weighted by atomic mass is 32.2. The standard InChI is InChI=1S/C28H35F5O5S/c29-27(30,28(31,32)33)13-6-16-39(36)15-5-3-1-2-4-14-37-18-25-23-12-11-22(35)17-26(23)38-19-24(25)20-7-9-21(34)10-8-20/h7-12,17,24-25,34-35H,1-6,13-16,18-19H2/t24-,25-,39?/m1/s1. The van der Waals surface area contributed by atoms with Crippen molar-refractivity contribution < 1.29 is 45.8 Å². The molecule has 2 aromatic carbocycles. The van der Waals surface area contributed by atoms with Gasteiger partial charge in [-0.1, -0.05) is 37.5 Å². The monoisotopic (exact) mass is 578 g/mol. The number of halogens is 5. The maximum atomic E-state index is 12.9. The molecule has 0 bridgehead atoms. The molecule has 0 aromatic heterocycles. The van der Waals surface area contributed by atoms with Crippen LogP contribution in [0.1, 0.15) is 67.9 Å². The summed E-state index contributed by atoms with van der Waals surface area (Å²) >= 11 is 0. The number of rotatable bonds is 15. The van der Waals surface area contributed by atoms with Gasteiger partial charge < -0.3 is 19.7 Å². The average Bonchev–Trinajstić information content (AvgIpc) is 2.87. The first-order valence-electron chi connectivity index (χ1n) is 13.1. The van der Waals surface area contributed by atoms with E-state index in [1.807, 2.05) is 18.2 Å². The fourth-order valence-electron chi connectivity index (χ4n) is 4.63. The fourth-order valence-corrected chi connectivity index (χ4v) is 5.83. The molecule has 3 atom stereocenters. The van der Waals surface area contributed by atoms with Gasteiger partial charge >= 0.3 is 12.1 Å². The summed E-state index contributed by atoms with van der Waals surface area (Å²) in [5, 5.41) is 19.5. The molecule has 11 heteroatoms. The molecule has 0 aliphatic carbocycles. The van der Waals surface area contributed by atoms with Crippen LogP contribution in [0.3, 0.4) is 0 Å². The molecule has 1 aliphatic heterocycles. The Kier molecular flexibility index (Phi) is 11.4. The van der Waals surface area contributed by atoms with Crippen LogP contribution in [0.15, 0.2) is 42.5 Å². The summed E-state index contributed by atoms with van der Waals surface area (Å²) in [6, 6.07) is 12.1. The number of ether oxygens (including phenoxy) is 2. The summed E-state index contributed by atoms with van der Waals surface area (Å²) < 4.78 is 86.1. The zero-order valence-corrected chi connectivity index (χ0v) is 22.4. The summed E-state index contributed by atoms with van der Waals surface area (Å²) in [7, 11) is -1.40. The van der Waals surface area contributed by atoms with Gasteiger partial charge in [0.1, 0.15) is 17.2 Å². The molecule has 39 heavy (non-hydrogen) atoms. The van der Waals surface area contributed by atoms with Crippen LogP contribution in [0.2, 0.25) is 0 Å². The normalized spacial score (nSPS) is 18.4. The lowest BCUT2D eigenvalue weighted by atomic mass is 9.80. The van der Waals surface area contributed by atoms with Gasteiger partial charge in [0.05, 0.1) is 13.2 Å². The topological polar surface area (TPSA) is 76.0 Å². The van der Waals surface area contributed by atoms with Crippen molar-refractivity contribution in [2.75, 3.05) is 31.3 Å². The van der Waals surface area contributed by atoms with Crippen LogP contribution in [0.25, 0.3) is 0 Å². The van der Waals surface area contributed by atoms with E-state index in [1.54, 1.807) is 24.3 Å². The molecule has 3 rings (SSSR count). The molecule has 0 amide bonds. The largest absolute Gasteiger partial charge is 0.508 e. The van der Waals surface area contributed by atoms with E-state index in [-0.39, 0.29) is 29.1 Å². The maximum absolute atomic E-state index is 12.9. The smallest absolute Gasteiger partial charge is 0.453 e. The van der Waals surface area contributed by atoms with Crippen molar-refractivity contribution >= 4 is 10.8 Å². The van der Waals surface area contributed by atoms with Crippen LogP contribution in [-0.4, -0.2) is 57.8 Å². The second-order valence-corrected chi connectivity index (χ2v) is 11.5. The minimum atomic E-state index is -5.56. The van der Waals surface area contributed by atoms with Gasteiger partial charge in [-0.25, -0.2) is 0 Å². The third-order valence-corrected chi connectivity index (χ3v) is 8.35. The number of phenols is 2. The van der Waals surface area contributed by atoms with Gasteiger partial charge in [-0.05, 0) is 43.0 Å². The van der Waals surface area contributed by atoms with E-state index in [9.17, 15) is 36.4 Å². The molecule has 0 saturated heterocycles. The minimum Gasteiger partial charge on any atom is -0.508 e. The first-order chi connectivity index (χ1) is 18.5. The Bertz CT molecular complexity index is 1060. The van der Waals surface area contributed by atoms with Crippen molar-refractivity contribution in [2.24, 2.45) is 0 Å². The van der Waals surface area contributed by atoms with E-state index in [1.165, 1.54) is 0 Å². The molecule has 0 spiro atoms. The zero-order valence-electron chi connectivity index (χ0n) is 21.6. The van der Waals surface area contributed by atoms with Crippen molar-refractivity contribution in [1.29, 1.82) is 0 Å². The Morgan fingerprint density at radius 3 is 2.23 bits per heavy atom. The summed E-state index contributed by atoms with van der Waals surface area (Å²) in [4.78, 5) is 0. The second kappa shape index (κ2) is 14.3. The summed E-state index contributed by atoms with van der Waals surface area (Å²) in [6.07, 6.45) is -3.31. The lowest BCUT2D eigenvalue weighted by Gasteiger charge is -2.34. The quantitative estimate of drug-likeness (QED) is 0.175. The van der Waals surface area contributed by atoms with Gasteiger partial charge in [-0.3, -0.25) is 4.21 Å². The van der Waals surface area contributed by atoms with Crippen molar-refractivity contribution in [3.63, 3.8) is 0 Å². The molecule has 2 N–H and O–H groups in total. The predicted molar refractivity (Wildman–Crippen MR) is 139 cm³/mol. The third kappa shape index (κ3) is 9.34. The van der Waals surface area contributed by atoms with Crippen LogP contribution < -0.4 is 4.74 Å². The third-order valence-electron chi connectivity index (χ3n) is 6.86. The molecule has 0 saturated carbocycles. The summed E-state index contributed by atoms with van der Waals surface area (Å²) in [5.41, 5.74) is 1.97. The summed E-state index contributed by atoms with van der Waals surface area (Å²) in [6.45, 7) is 1.42. The van der Waals surface area contributed by atoms with E-state index < -0.39 is 35.7 Å². The number of phenolic OH excluding ortho intramolecular Hbond substituents is 2. The van der Waals surface area contributed by atoms with Crippen LogP contribution in [0.4, 0.5) is 22.0 Å². The first kappa shape index (κ1) is 31.1. The Balaban J connectivity index is 1.34. The molecule has 5 nitrogen and oxygen atoms in total. The Morgan fingerprint density at radius 2 is 1.51 bits per heavy atom. The zero-order chi connectivity index (χ0) is 28.5. The Morgan fingerprint density at radius 1 is 0.872 bits per heavy atom. The van der Waals surface area contributed by atoms with Crippen LogP contribution in [-0.2, 0) is 15.5 Å². The highest BCUT2D eigenvalue weighted by Crippen LogP contribution is 2.44. The van der Waals surface area contributed by atoms with Crippen molar-refractivity contribution in [3.8, 4) is 17.2 Å². The lowest BCUT2D eigenvalue weighted by Crippen LogP contribution is -2.36. The van der Waals surface area contributed by atoms with Crippen molar-refractivity contribution in [1.82, 2.24) is 0 Å². The van der Waals surface area contributed by atoms with Crippen LogP contribution in [0.5, 0.6) is 17.2 Å². The van der Waals surface area contributed by atoms with Crippen LogP contribution >= 0.6 is 0 Å². The predicted octanol–water partition coefficient (Wildman–Crippen LogP) is 7.05. The number of fused-ring (bicyclic) bond motifs is 1. The molecule has 1 unspecified atom stereocenters. The van der Waals surface area contributed by atoms with Gasteiger partial charge in [-0.2, -0.15) is 22.0 Å². The van der Waals surface area contributed by atoms with Crippen molar-refractivity contribution in [2.45, 2.75) is 68.9 Å². The lowest BCUT2D eigenvalue weighted by molar-refractivity contribution is -0.284. The number of hydrogen-bond donors (Lipinski definition) is 2. The van der Waals surface area contributed by atoms with E-state index in [4.69, 9.17) is 9.47 Å². The van der Waals surface area contributed by atoms with Gasteiger partial charge in [0.15, 0.2) is 0 Å². The number of aromatic hydroxyl groups is 2. The first-order valence-corrected chi connectivity index (χ1v) is 14.6. The van der Waals surface area contributed by atoms with E-state index >= 15 is 0 Å². The van der Waals surface area contributed by atoms with Gasteiger partial charge in [0.2, 0.25) is 0 Å². The number of benzene rings is 2. The maximum Gasteiger partial charge on any atom is 0.453 e. The van der Waals surface area contributed by atoms with Gasteiger partial charge in [0.25, 0.3) is 0 Å². The van der Waals surface area contributed by atoms with Crippen molar-refractivity contribution in [3.05, 3.63) is 53.6 Å². The van der Waals surface area contributed by atoms with Gasteiger partial charge in [0, 0.05) is 58.8 Å². The Labute approximate surface area is 227 Å². The molecule has 2 aromatic rings. The number of hydrogen-bond acceptors (Lipinski definition) is 5. The highest BCUT2D eigenvalue weighted by molar-refractivity contribution is 7.84. The minimum absolute atomic E-state index is 0.00459. The molecule has 0 fully saturated rings. The molecule has 0 radical (unpaired) electrons. The molecule has 218 valence electrons. The fraction of sp³-hybridized carbons (Fsp3) is 0.571. The average molecular weight is 579 g/mol. The molecule has 1 heterocycles. The van der Waals surface area contributed by atoms with E-state index in [0.717, 1.165) is 36.8 Å². The van der Waals surface area contributed by atoms with E-state index in [2.05, 4.69) is 0 Å². The summed E-state index contributed by atoms with van der Waals surface area (Å²) in [5.74, 6) is -3.62. The number of alkyl halides is 5. The molecular formula is C28H35F5O5S. The number of unbranched alkanes of at least 4 members (excludes halogenated alkanes) is 4. The molecular weight excluding hydrogens is 543 g/mol. The van der Waals surface area contributed by atoms with Gasteiger partial charge in [-0.15, -0.1) is 0 Å². The van der Waals surface area contributed by atoms with Crippen LogP contribution in [0, 0.1) is 0 Å². The molecule has 1 aliphatic rings.